The molecule has 0 spiro atoms. The van der Waals surface area contributed by atoms with Crippen molar-refractivity contribution < 1.29 is 0 Å². The van der Waals surface area contributed by atoms with Crippen molar-refractivity contribution in [1.29, 1.82) is 0 Å². The Hall–Kier alpha value is -0.820. The van der Waals surface area contributed by atoms with Crippen LogP contribution in [0.15, 0.2) is 30.3 Å². The van der Waals surface area contributed by atoms with Gasteiger partial charge in [0.15, 0.2) is 0 Å². The Labute approximate surface area is 92.7 Å². The summed E-state index contributed by atoms with van der Waals surface area (Å²) < 4.78 is 0. The highest BCUT2D eigenvalue weighted by Gasteiger charge is 2.20. The molecule has 1 aliphatic rings. The fraction of sp³-hybridized carbons (Fsp3) is 0.571. The van der Waals surface area contributed by atoms with E-state index in [2.05, 4.69) is 30.3 Å². The number of benzene rings is 1. The lowest BCUT2D eigenvalue weighted by Gasteiger charge is -2.27. The smallest absolute Gasteiger partial charge is 0.0108 e. The summed E-state index contributed by atoms with van der Waals surface area (Å²) in [7, 11) is 0. The molecule has 1 heteroatoms. The minimum atomic E-state index is 0.368. The van der Waals surface area contributed by atoms with Crippen LogP contribution in [0.4, 0.5) is 0 Å². The maximum Gasteiger partial charge on any atom is 0.0108 e. The molecule has 2 rings (SSSR count). The van der Waals surface area contributed by atoms with Gasteiger partial charge in [-0.15, -0.1) is 0 Å². The summed E-state index contributed by atoms with van der Waals surface area (Å²) >= 11 is 0. The largest absolute Gasteiger partial charge is 0.327 e. The van der Waals surface area contributed by atoms with Crippen LogP contribution in [0.2, 0.25) is 0 Å². The molecule has 0 amide bonds. The molecule has 0 radical (unpaired) electrons. The van der Waals surface area contributed by atoms with Gasteiger partial charge in [0.05, 0.1) is 0 Å². The van der Waals surface area contributed by atoms with E-state index in [0.29, 0.717) is 6.04 Å². The Bertz CT molecular complexity index is 275. The van der Waals surface area contributed by atoms with E-state index >= 15 is 0 Å². The van der Waals surface area contributed by atoms with Crippen LogP contribution in [0.1, 0.15) is 37.7 Å². The Morgan fingerprint density at radius 3 is 2.40 bits per heavy atom. The summed E-state index contributed by atoms with van der Waals surface area (Å²) in [5, 5.41) is 0. The zero-order chi connectivity index (χ0) is 10.5. The second-order valence-corrected chi connectivity index (χ2v) is 4.75. The van der Waals surface area contributed by atoms with Crippen LogP contribution in [-0.2, 0) is 6.42 Å². The minimum absolute atomic E-state index is 0.368. The van der Waals surface area contributed by atoms with Crippen LogP contribution >= 0.6 is 0 Å². The molecule has 1 aliphatic carbocycles. The molecule has 1 fully saturated rings. The summed E-state index contributed by atoms with van der Waals surface area (Å²) in [5.41, 5.74) is 7.67. The van der Waals surface area contributed by atoms with Gasteiger partial charge in [-0.05, 0) is 30.7 Å². The summed E-state index contributed by atoms with van der Waals surface area (Å²) in [6.45, 7) is 0. The Kier molecular flexibility index (Phi) is 3.79. The zero-order valence-electron chi connectivity index (χ0n) is 9.36. The second kappa shape index (κ2) is 5.32. The van der Waals surface area contributed by atoms with Crippen molar-refractivity contribution in [3.8, 4) is 0 Å². The molecule has 82 valence electrons. The highest BCUT2D eigenvalue weighted by molar-refractivity contribution is 5.16. The molecular weight excluding hydrogens is 182 g/mol. The average molecular weight is 203 g/mol. The van der Waals surface area contributed by atoms with Crippen molar-refractivity contribution in [3.05, 3.63) is 35.9 Å². The maximum atomic E-state index is 6.28. The number of rotatable bonds is 3. The van der Waals surface area contributed by atoms with Crippen molar-refractivity contribution in [2.75, 3.05) is 0 Å². The highest BCUT2D eigenvalue weighted by Crippen LogP contribution is 2.26. The first-order valence-electron chi connectivity index (χ1n) is 6.16. The predicted molar refractivity (Wildman–Crippen MR) is 64.7 cm³/mol. The first-order chi connectivity index (χ1) is 7.36. The van der Waals surface area contributed by atoms with Gasteiger partial charge in [-0.2, -0.15) is 0 Å². The van der Waals surface area contributed by atoms with Gasteiger partial charge >= 0.3 is 0 Å². The van der Waals surface area contributed by atoms with E-state index in [1.165, 1.54) is 37.7 Å². The Balaban J connectivity index is 1.88. The zero-order valence-corrected chi connectivity index (χ0v) is 9.36. The van der Waals surface area contributed by atoms with Crippen molar-refractivity contribution in [2.45, 2.75) is 44.6 Å². The van der Waals surface area contributed by atoms with E-state index in [1.807, 2.05) is 0 Å². The normalized spacial score (nSPS) is 20.1. The SMILES string of the molecule is N[C@@H](Cc1ccccc1)C1CCCCC1. The van der Waals surface area contributed by atoms with E-state index in [1.54, 1.807) is 0 Å². The number of hydrogen-bond acceptors (Lipinski definition) is 1. The fourth-order valence-corrected chi connectivity index (χ4v) is 2.62. The molecule has 0 aromatic heterocycles. The molecule has 1 aromatic carbocycles. The van der Waals surface area contributed by atoms with Crippen LogP contribution in [0.25, 0.3) is 0 Å². The first kappa shape index (κ1) is 10.7. The maximum absolute atomic E-state index is 6.28. The van der Waals surface area contributed by atoms with Gasteiger partial charge in [-0.3, -0.25) is 0 Å². The van der Waals surface area contributed by atoms with E-state index in [-0.39, 0.29) is 0 Å². The third-order valence-corrected chi connectivity index (χ3v) is 3.57. The standard InChI is InChI=1S/C14H21N/c15-14(13-9-5-2-6-10-13)11-12-7-3-1-4-8-12/h1,3-4,7-8,13-14H,2,5-6,9-11,15H2/t14-/m0/s1. The Morgan fingerprint density at radius 2 is 1.73 bits per heavy atom. The van der Waals surface area contributed by atoms with Gasteiger partial charge in [0.1, 0.15) is 0 Å². The monoisotopic (exact) mass is 203 g/mol. The first-order valence-corrected chi connectivity index (χ1v) is 6.16. The molecule has 2 N–H and O–H groups in total. The topological polar surface area (TPSA) is 26.0 Å². The quantitative estimate of drug-likeness (QED) is 0.802. The molecule has 0 saturated heterocycles. The average Bonchev–Trinajstić information content (AvgIpc) is 2.31. The summed E-state index contributed by atoms with van der Waals surface area (Å²) in [5.74, 6) is 0.763. The highest BCUT2D eigenvalue weighted by atomic mass is 14.6. The molecule has 1 atom stereocenters. The molecular formula is C14H21N. The van der Waals surface area contributed by atoms with Gasteiger partial charge in [-0.25, -0.2) is 0 Å². The van der Waals surface area contributed by atoms with E-state index in [4.69, 9.17) is 5.73 Å². The lowest BCUT2D eigenvalue weighted by Crippen LogP contribution is -2.33. The molecule has 1 nitrogen and oxygen atoms in total. The van der Waals surface area contributed by atoms with Gasteiger partial charge in [0.25, 0.3) is 0 Å². The van der Waals surface area contributed by atoms with Crippen LogP contribution in [-0.4, -0.2) is 6.04 Å². The number of nitrogens with two attached hydrogens (primary N) is 1. The molecule has 15 heavy (non-hydrogen) atoms. The van der Waals surface area contributed by atoms with Gasteiger partial charge in [-0.1, -0.05) is 49.6 Å². The van der Waals surface area contributed by atoms with Gasteiger partial charge < -0.3 is 5.73 Å². The van der Waals surface area contributed by atoms with Gasteiger partial charge in [0.2, 0.25) is 0 Å². The number of hydrogen-bond donors (Lipinski definition) is 1. The third kappa shape index (κ3) is 3.07. The van der Waals surface area contributed by atoms with Crippen LogP contribution in [0.3, 0.4) is 0 Å². The second-order valence-electron chi connectivity index (χ2n) is 4.75. The summed E-state index contributed by atoms with van der Waals surface area (Å²) in [6.07, 6.45) is 7.91. The molecule has 0 aliphatic heterocycles. The van der Waals surface area contributed by atoms with Crippen molar-refractivity contribution in [2.24, 2.45) is 11.7 Å². The third-order valence-electron chi connectivity index (χ3n) is 3.57. The molecule has 0 bridgehead atoms. The van der Waals surface area contributed by atoms with E-state index in [0.717, 1.165) is 12.3 Å². The van der Waals surface area contributed by atoms with Crippen LogP contribution < -0.4 is 5.73 Å². The van der Waals surface area contributed by atoms with Crippen molar-refractivity contribution in [1.82, 2.24) is 0 Å². The van der Waals surface area contributed by atoms with Crippen LogP contribution in [0, 0.1) is 5.92 Å². The summed E-state index contributed by atoms with van der Waals surface area (Å²) in [4.78, 5) is 0. The minimum Gasteiger partial charge on any atom is -0.327 e. The Morgan fingerprint density at radius 1 is 1.07 bits per heavy atom. The molecule has 1 saturated carbocycles. The molecule has 0 unspecified atom stereocenters. The predicted octanol–water partition coefficient (Wildman–Crippen LogP) is 3.14. The van der Waals surface area contributed by atoms with Crippen LogP contribution in [0.5, 0.6) is 0 Å². The lowest BCUT2D eigenvalue weighted by atomic mass is 9.82. The van der Waals surface area contributed by atoms with Crippen molar-refractivity contribution >= 4 is 0 Å². The summed E-state index contributed by atoms with van der Waals surface area (Å²) in [6, 6.07) is 11.0. The molecule has 1 aromatic rings. The van der Waals surface area contributed by atoms with E-state index in [9.17, 15) is 0 Å². The fourth-order valence-electron chi connectivity index (χ4n) is 2.62. The molecule has 0 heterocycles. The van der Waals surface area contributed by atoms with Gasteiger partial charge in [0, 0.05) is 6.04 Å². The van der Waals surface area contributed by atoms with E-state index < -0.39 is 0 Å². The van der Waals surface area contributed by atoms with Crippen molar-refractivity contribution in [3.63, 3.8) is 0 Å². The lowest BCUT2D eigenvalue weighted by molar-refractivity contribution is 0.303.